The molecular formula is C20H26N6O2. The third-order valence-electron chi connectivity index (χ3n) is 5.51. The number of aryl methyl sites for hydroxylation is 3. The first-order valence-electron chi connectivity index (χ1n) is 9.78. The van der Waals surface area contributed by atoms with Crippen LogP contribution in [0.3, 0.4) is 0 Å². The van der Waals surface area contributed by atoms with Crippen molar-refractivity contribution in [3.8, 4) is 11.3 Å². The first-order valence-corrected chi connectivity index (χ1v) is 9.78. The van der Waals surface area contributed by atoms with E-state index in [4.69, 9.17) is 9.62 Å². The number of carbonyl (C=O) groups excluding carboxylic acids is 1. The van der Waals surface area contributed by atoms with Crippen LogP contribution in [0.2, 0.25) is 0 Å². The maximum absolute atomic E-state index is 13.0. The Balaban J connectivity index is 1.61. The normalized spacial score (nSPS) is 17.2. The minimum Gasteiger partial charge on any atom is -0.356 e. The number of nitrogens with zero attached hydrogens (tertiary/aromatic N) is 6. The molecule has 0 radical (unpaired) electrons. The van der Waals surface area contributed by atoms with E-state index in [9.17, 15) is 4.79 Å². The lowest BCUT2D eigenvalue weighted by Crippen LogP contribution is -2.39. The molecule has 0 aromatic carbocycles. The zero-order valence-corrected chi connectivity index (χ0v) is 16.6. The number of piperidine rings is 1. The fourth-order valence-corrected chi connectivity index (χ4v) is 3.89. The Morgan fingerprint density at radius 3 is 2.89 bits per heavy atom. The number of likely N-dealkylation sites (tertiary alicyclic amines) is 1. The largest absolute Gasteiger partial charge is 0.356 e. The predicted octanol–water partition coefficient (Wildman–Crippen LogP) is 3.03. The second-order valence-electron chi connectivity index (χ2n) is 7.44. The zero-order chi connectivity index (χ0) is 19.7. The quantitative estimate of drug-likeness (QED) is 0.677. The number of hydrogen-bond donors (Lipinski definition) is 0. The van der Waals surface area contributed by atoms with Gasteiger partial charge in [-0.3, -0.25) is 14.2 Å². The molecule has 28 heavy (non-hydrogen) atoms. The number of amides is 1. The highest BCUT2D eigenvalue weighted by Crippen LogP contribution is 2.37. The van der Waals surface area contributed by atoms with Crippen molar-refractivity contribution in [3.05, 3.63) is 41.6 Å². The van der Waals surface area contributed by atoms with Gasteiger partial charge in [-0.2, -0.15) is 10.2 Å². The van der Waals surface area contributed by atoms with Crippen LogP contribution < -0.4 is 0 Å². The molecule has 0 bridgehead atoms. The van der Waals surface area contributed by atoms with E-state index in [1.165, 1.54) is 0 Å². The number of hydrogen-bond acceptors (Lipinski definition) is 5. The molecule has 3 aromatic rings. The summed E-state index contributed by atoms with van der Waals surface area (Å²) >= 11 is 0. The topological polar surface area (TPSA) is 82.0 Å². The van der Waals surface area contributed by atoms with Crippen LogP contribution in [0.25, 0.3) is 11.3 Å². The SMILES string of the molecule is Cc1noc(-c2cn(C)nc2C2CCCCN2C(=O)CCn2cccn2)c1C. The van der Waals surface area contributed by atoms with Gasteiger partial charge in [-0.1, -0.05) is 5.16 Å². The van der Waals surface area contributed by atoms with E-state index in [0.29, 0.717) is 13.0 Å². The summed E-state index contributed by atoms with van der Waals surface area (Å²) in [4.78, 5) is 15.0. The van der Waals surface area contributed by atoms with Crippen molar-refractivity contribution in [3.63, 3.8) is 0 Å². The maximum Gasteiger partial charge on any atom is 0.225 e. The Bertz CT molecular complexity index is 956. The van der Waals surface area contributed by atoms with E-state index >= 15 is 0 Å². The van der Waals surface area contributed by atoms with Gasteiger partial charge in [0.2, 0.25) is 5.91 Å². The third kappa shape index (κ3) is 3.46. The minimum absolute atomic E-state index is 0.0418. The Hall–Kier alpha value is -2.90. The van der Waals surface area contributed by atoms with Crippen molar-refractivity contribution in [1.29, 1.82) is 0 Å². The second-order valence-corrected chi connectivity index (χ2v) is 7.44. The molecule has 0 saturated carbocycles. The van der Waals surface area contributed by atoms with Gasteiger partial charge in [-0.25, -0.2) is 0 Å². The molecule has 0 aliphatic carbocycles. The standard InChI is InChI=1S/C20H26N6O2/c1-14-15(2)23-28-20(14)16-13-24(3)22-19(16)17-7-4-5-11-26(17)18(27)8-12-25-10-6-9-21-25/h6,9-10,13,17H,4-5,7-8,11-12H2,1-3H3. The van der Waals surface area contributed by atoms with Gasteiger partial charge in [0, 0.05) is 50.7 Å². The van der Waals surface area contributed by atoms with Gasteiger partial charge in [-0.15, -0.1) is 0 Å². The molecule has 1 atom stereocenters. The summed E-state index contributed by atoms with van der Waals surface area (Å²) in [5.74, 6) is 0.886. The van der Waals surface area contributed by atoms with E-state index in [-0.39, 0.29) is 11.9 Å². The van der Waals surface area contributed by atoms with Crippen LogP contribution in [-0.4, -0.2) is 42.1 Å². The molecule has 4 heterocycles. The van der Waals surface area contributed by atoms with Crippen molar-refractivity contribution in [2.45, 2.75) is 52.1 Å². The van der Waals surface area contributed by atoms with Gasteiger partial charge >= 0.3 is 0 Å². The van der Waals surface area contributed by atoms with Crippen LogP contribution in [0, 0.1) is 13.8 Å². The monoisotopic (exact) mass is 382 g/mol. The number of carbonyl (C=O) groups is 1. The molecule has 1 aliphatic rings. The molecule has 8 heteroatoms. The molecule has 4 rings (SSSR count). The molecule has 1 fully saturated rings. The molecule has 1 aliphatic heterocycles. The molecular weight excluding hydrogens is 356 g/mol. The lowest BCUT2D eigenvalue weighted by molar-refractivity contribution is -0.135. The van der Waals surface area contributed by atoms with Crippen LogP contribution >= 0.6 is 0 Å². The minimum atomic E-state index is -0.0418. The summed E-state index contributed by atoms with van der Waals surface area (Å²) < 4.78 is 9.19. The van der Waals surface area contributed by atoms with Crippen LogP contribution in [0.4, 0.5) is 0 Å². The van der Waals surface area contributed by atoms with Crippen LogP contribution in [-0.2, 0) is 18.4 Å². The van der Waals surface area contributed by atoms with Crippen LogP contribution in [0.1, 0.15) is 48.7 Å². The molecule has 3 aromatic heterocycles. The van der Waals surface area contributed by atoms with Crippen molar-refractivity contribution >= 4 is 5.91 Å². The van der Waals surface area contributed by atoms with Crippen molar-refractivity contribution in [2.75, 3.05) is 6.54 Å². The molecule has 8 nitrogen and oxygen atoms in total. The average Bonchev–Trinajstić information content (AvgIpc) is 3.42. The van der Waals surface area contributed by atoms with Crippen LogP contribution in [0.5, 0.6) is 0 Å². The lowest BCUT2D eigenvalue weighted by Gasteiger charge is -2.35. The van der Waals surface area contributed by atoms with Gasteiger partial charge in [0.05, 0.1) is 23.0 Å². The maximum atomic E-state index is 13.0. The number of rotatable bonds is 5. The Morgan fingerprint density at radius 1 is 1.32 bits per heavy atom. The van der Waals surface area contributed by atoms with Crippen molar-refractivity contribution in [2.24, 2.45) is 7.05 Å². The molecule has 0 N–H and O–H groups in total. The van der Waals surface area contributed by atoms with Gasteiger partial charge in [0.1, 0.15) is 0 Å². The van der Waals surface area contributed by atoms with Gasteiger partial charge in [0.15, 0.2) is 5.76 Å². The third-order valence-corrected chi connectivity index (χ3v) is 5.51. The highest BCUT2D eigenvalue weighted by atomic mass is 16.5. The molecule has 1 saturated heterocycles. The average molecular weight is 382 g/mol. The lowest BCUT2D eigenvalue weighted by atomic mass is 9.95. The van der Waals surface area contributed by atoms with Crippen LogP contribution in [0.15, 0.2) is 29.2 Å². The molecule has 148 valence electrons. The van der Waals surface area contributed by atoms with E-state index in [0.717, 1.165) is 54.1 Å². The predicted molar refractivity (Wildman–Crippen MR) is 103 cm³/mol. The highest BCUT2D eigenvalue weighted by molar-refractivity contribution is 5.77. The first-order chi connectivity index (χ1) is 13.5. The molecule has 0 spiro atoms. The van der Waals surface area contributed by atoms with Crippen molar-refractivity contribution < 1.29 is 9.32 Å². The molecule has 1 unspecified atom stereocenters. The summed E-state index contributed by atoms with van der Waals surface area (Å²) in [6.07, 6.45) is 9.02. The van der Waals surface area contributed by atoms with Gasteiger partial charge in [-0.05, 0) is 39.2 Å². The summed E-state index contributed by atoms with van der Waals surface area (Å²) in [7, 11) is 1.90. The smallest absolute Gasteiger partial charge is 0.225 e. The fraction of sp³-hybridized carbons (Fsp3) is 0.500. The second kappa shape index (κ2) is 7.61. The fourth-order valence-electron chi connectivity index (χ4n) is 3.89. The molecule has 1 amide bonds. The Morgan fingerprint density at radius 2 is 2.18 bits per heavy atom. The van der Waals surface area contributed by atoms with E-state index in [2.05, 4.69) is 10.3 Å². The first kappa shape index (κ1) is 18.5. The van der Waals surface area contributed by atoms with Gasteiger partial charge in [0.25, 0.3) is 0 Å². The van der Waals surface area contributed by atoms with E-state index in [1.807, 2.05) is 44.3 Å². The Labute approximate surface area is 164 Å². The highest BCUT2D eigenvalue weighted by Gasteiger charge is 2.33. The Kier molecular flexibility index (Phi) is 5.02. The number of aromatic nitrogens is 5. The summed E-state index contributed by atoms with van der Waals surface area (Å²) in [6, 6.07) is 1.83. The van der Waals surface area contributed by atoms with Crippen molar-refractivity contribution in [1.82, 2.24) is 29.6 Å². The summed E-state index contributed by atoms with van der Waals surface area (Å²) in [6.45, 7) is 5.29. The van der Waals surface area contributed by atoms with E-state index < -0.39 is 0 Å². The summed E-state index contributed by atoms with van der Waals surface area (Å²) in [5.41, 5.74) is 3.72. The zero-order valence-electron chi connectivity index (χ0n) is 16.6. The van der Waals surface area contributed by atoms with Gasteiger partial charge < -0.3 is 9.42 Å². The van der Waals surface area contributed by atoms with E-state index in [1.54, 1.807) is 15.6 Å². The summed E-state index contributed by atoms with van der Waals surface area (Å²) in [5, 5.41) is 13.0.